The van der Waals surface area contributed by atoms with Gasteiger partial charge in [0.25, 0.3) is 0 Å². The molecule has 1 aromatic rings. The standard InChI is InChI=1S/C11H19NO/c1-8(2)4-5-11(12)10-6-7-13-9(10)3/h6-8,11H,4-5,12H2,1-3H3. The molecule has 1 atom stereocenters. The van der Waals surface area contributed by atoms with Crippen molar-refractivity contribution in [1.82, 2.24) is 0 Å². The van der Waals surface area contributed by atoms with Crippen LogP contribution in [0.1, 0.15) is 44.1 Å². The van der Waals surface area contributed by atoms with Crippen LogP contribution in [-0.4, -0.2) is 0 Å². The summed E-state index contributed by atoms with van der Waals surface area (Å²) in [6, 6.07) is 2.11. The van der Waals surface area contributed by atoms with Gasteiger partial charge >= 0.3 is 0 Å². The number of aryl methyl sites for hydroxylation is 1. The van der Waals surface area contributed by atoms with Gasteiger partial charge in [0, 0.05) is 11.6 Å². The quantitative estimate of drug-likeness (QED) is 0.775. The number of rotatable bonds is 4. The van der Waals surface area contributed by atoms with Crippen LogP contribution in [-0.2, 0) is 0 Å². The van der Waals surface area contributed by atoms with E-state index in [0.717, 1.165) is 23.7 Å². The lowest BCUT2D eigenvalue weighted by molar-refractivity contribution is 0.490. The van der Waals surface area contributed by atoms with E-state index >= 15 is 0 Å². The van der Waals surface area contributed by atoms with Crippen LogP contribution < -0.4 is 5.73 Å². The first-order chi connectivity index (χ1) is 6.11. The molecule has 0 amide bonds. The Hall–Kier alpha value is -0.760. The van der Waals surface area contributed by atoms with Crippen LogP contribution >= 0.6 is 0 Å². The molecule has 0 saturated heterocycles. The average molecular weight is 181 g/mol. The van der Waals surface area contributed by atoms with Gasteiger partial charge in [-0.25, -0.2) is 0 Å². The topological polar surface area (TPSA) is 39.2 Å². The van der Waals surface area contributed by atoms with Crippen molar-refractivity contribution in [3.63, 3.8) is 0 Å². The van der Waals surface area contributed by atoms with Gasteiger partial charge in [-0.2, -0.15) is 0 Å². The van der Waals surface area contributed by atoms with Gasteiger partial charge < -0.3 is 10.2 Å². The first-order valence-electron chi connectivity index (χ1n) is 4.91. The molecular weight excluding hydrogens is 162 g/mol. The molecule has 1 rings (SSSR count). The summed E-state index contributed by atoms with van der Waals surface area (Å²) in [6.07, 6.45) is 3.92. The lowest BCUT2D eigenvalue weighted by atomic mass is 9.99. The predicted molar refractivity (Wildman–Crippen MR) is 54.4 cm³/mol. The Labute approximate surface area is 80.1 Å². The Kier molecular flexibility index (Phi) is 3.55. The van der Waals surface area contributed by atoms with Gasteiger partial charge in [0.2, 0.25) is 0 Å². The van der Waals surface area contributed by atoms with E-state index in [0.29, 0.717) is 0 Å². The highest BCUT2D eigenvalue weighted by molar-refractivity contribution is 5.19. The van der Waals surface area contributed by atoms with E-state index in [-0.39, 0.29) is 6.04 Å². The number of hydrogen-bond acceptors (Lipinski definition) is 2. The Morgan fingerprint density at radius 2 is 2.08 bits per heavy atom. The van der Waals surface area contributed by atoms with E-state index in [1.54, 1.807) is 6.26 Å². The molecule has 0 aromatic carbocycles. The lowest BCUT2D eigenvalue weighted by Gasteiger charge is -2.11. The molecule has 1 heterocycles. The molecular formula is C11H19NO. The number of hydrogen-bond donors (Lipinski definition) is 1. The molecule has 0 aliphatic heterocycles. The summed E-state index contributed by atoms with van der Waals surface area (Å²) < 4.78 is 5.21. The fourth-order valence-corrected chi connectivity index (χ4v) is 1.45. The van der Waals surface area contributed by atoms with Crippen molar-refractivity contribution in [3.05, 3.63) is 23.7 Å². The third-order valence-electron chi connectivity index (χ3n) is 2.35. The van der Waals surface area contributed by atoms with Gasteiger partial charge in [0.15, 0.2) is 0 Å². The van der Waals surface area contributed by atoms with Crippen molar-refractivity contribution in [3.8, 4) is 0 Å². The van der Waals surface area contributed by atoms with Crippen LogP contribution in [0.15, 0.2) is 16.7 Å². The maximum atomic E-state index is 6.03. The van der Waals surface area contributed by atoms with E-state index in [1.807, 2.05) is 13.0 Å². The molecule has 0 bridgehead atoms. The maximum absolute atomic E-state index is 6.03. The molecule has 0 saturated carbocycles. The zero-order valence-electron chi connectivity index (χ0n) is 8.71. The minimum absolute atomic E-state index is 0.140. The van der Waals surface area contributed by atoms with Gasteiger partial charge in [-0.15, -0.1) is 0 Å². The van der Waals surface area contributed by atoms with E-state index in [4.69, 9.17) is 10.2 Å². The summed E-state index contributed by atoms with van der Waals surface area (Å²) in [7, 11) is 0. The van der Waals surface area contributed by atoms with Crippen molar-refractivity contribution < 1.29 is 4.42 Å². The predicted octanol–water partition coefficient (Wildman–Crippen LogP) is 3.02. The Balaban J connectivity index is 2.49. The smallest absolute Gasteiger partial charge is 0.105 e. The van der Waals surface area contributed by atoms with Gasteiger partial charge in [-0.3, -0.25) is 0 Å². The monoisotopic (exact) mass is 181 g/mol. The third-order valence-corrected chi connectivity index (χ3v) is 2.35. The van der Waals surface area contributed by atoms with Crippen molar-refractivity contribution >= 4 is 0 Å². The SMILES string of the molecule is Cc1occc1C(N)CCC(C)C. The van der Waals surface area contributed by atoms with Crippen LogP contribution in [0.3, 0.4) is 0 Å². The molecule has 1 aromatic heterocycles. The molecule has 0 radical (unpaired) electrons. The zero-order valence-corrected chi connectivity index (χ0v) is 8.71. The summed E-state index contributed by atoms with van der Waals surface area (Å²) >= 11 is 0. The van der Waals surface area contributed by atoms with Crippen LogP contribution in [0.4, 0.5) is 0 Å². The van der Waals surface area contributed by atoms with Gasteiger partial charge in [-0.05, 0) is 31.7 Å². The van der Waals surface area contributed by atoms with E-state index < -0.39 is 0 Å². The Bertz CT molecular complexity index is 252. The van der Waals surface area contributed by atoms with Crippen LogP contribution in [0.25, 0.3) is 0 Å². The molecule has 0 aliphatic rings. The summed E-state index contributed by atoms with van der Waals surface area (Å²) in [4.78, 5) is 0. The highest BCUT2D eigenvalue weighted by atomic mass is 16.3. The van der Waals surface area contributed by atoms with Crippen LogP contribution in [0.5, 0.6) is 0 Å². The first-order valence-corrected chi connectivity index (χ1v) is 4.91. The molecule has 0 aliphatic carbocycles. The van der Waals surface area contributed by atoms with Crippen molar-refractivity contribution in [1.29, 1.82) is 0 Å². The summed E-state index contributed by atoms with van der Waals surface area (Å²) in [5.41, 5.74) is 7.18. The molecule has 2 nitrogen and oxygen atoms in total. The fraction of sp³-hybridized carbons (Fsp3) is 0.636. The summed E-state index contributed by atoms with van der Waals surface area (Å²) in [5.74, 6) is 1.68. The molecule has 0 spiro atoms. The van der Waals surface area contributed by atoms with Gasteiger partial charge in [0.1, 0.15) is 5.76 Å². The molecule has 13 heavy (non-hydrogen) atoms. The van der Waals surface area contributed by atoms with Crippen LogP contribution in [0.2, 0.25) is 0 Å². The highest BCUT2D eigenvalue weighted by Crippen LogP contribution is 2.22. The van der Waals surface area contributed by atoms with Gasteiger partial charge in [0.05, 0.1) is 6.26 Å². The lowest BCUT2D eigenvalue weighted by Crippen LogP contribution is -2.11. The van der Waals surface area contributed by atoms with Crippen LogP contribution in [0, 0.1) is 12.8 Å². The fourth-order valence-electron chi connectivity index (χ4n) is 1.45. The minimum Gasteiger partial charge on any atom is -0.469 e. The van der Waals surface area contributed by atoms with Crippen molar-refractivity contribution in [2.45, 2.75) is 39.7 Å². The van der Waals surface area contributed by atoms with Crippen molar-refractivity contribution in [2.24, 2.45) is 11.7 Å². The average Bonchev–Trinajstić information content (AvgIpc) is 2.47. The molecule has 2 heteroatoms. The second-order valence-electron chi connectivity index (χ2n) is 4.01. The highest BCUT2D eigenvalue weighted by Gasteiger charge is 2.11. The molecule has 1 unspecified atom stereocenters. The van der Waals surface area contributed by atoms with E-state index in [1.165, 1.54) is 6.42 Å². The van der Waals surface area contributed by atoms with E-state index in [9.17, 15) is 0 Å². The first kappa shape index (κ1) is 10.3. The largest absolute Gasteiger partial charge is 0.469 e. The Morgan fingerprint density at radius 1 is 1.38 bits per heavy atom. The molecule has 2 N–H and O–H groups in total. The number of nitrogens with two attached hydrogens (primary N) is 1. The van der Waals surface area contributed by atoms with Crippen molar-refractivity contribution in [2.75, 3.05) is 0 Å². The summed E-state index contributed by atoms with van der Waals surface area (Å²) in [5, 5.41) is 0. The Morgan fingerprint density at radius 3 is 2.54 bits per heavy atom. The third kappa shape index (κ3) is 2.88. The second-order valence-corrected chi connectivity index (χ2v) is 4.01. The normalized spacial score (nSPS) is 13.6. The van der Waals surface area contributed by atoms with Gasteiger partial charge in [-0.1, -0.05) is 13.8 Å². The molecule has 74 valence electrons. The second kappa shape index (κ2) is 4.47. The zero-order chi connectivity index (χ0) is 9.84. The molecule has 0 fully saturated rings. The maximum Gasteiger partial charge on any atom is 0.105 e. The number of furan rings is 1. The summed E-state index contributed by atoms with van der Waals surface area (Å²) in [6.45, 7) is 6.40. The minimum atomic E-state index is 0.140. The van der Waals surface area contributed by atoms with E-state index in [2.05, 4.69) is 13.8 Å².